The fraction of sp³-hybridized carbons (Fsp3) is 0.143. The Morgan fingerprint density at radius 2 is 2.31 bits per heavy atom. The molecule has 0 saturated heterocycles. The first-order valence-electron chi connectivity index (χ1n) is 3.43. The van der Waals surface area contributed by atoms with E-state index < -0.39 is 0 Å². The van der Waals surface area contributed by atoms with E-state index in [-0.39, 0.29) is 18.0 Å². The Balaban J connectivity index is 4.79. The Bertz CT molecular complexity index is 247. The summed E-state index contributed by atoms with van der Waals surface area (Å²) >= 11 is 0. The van der Waals surface area contributed by atoms with E-state index in [1.54, 1.807) is 6.92 Å². The summed E-state index contributed by atoms with van der Waals surface area (Å²) in [6, 6.07) is 0. The maximum Gasteiger partial charge on any atom is 0.322 e. The minimum absolute atomic E-state index is 0.115. The van der Waals surface area contributed by atoms with Gasteiger partial charge in [0, 0.05) is 6.21 Å². The van der Waals surface area contributed by atoms with E-state index >= 15 is 0 Å². The second kappa shape index (κ2) is 5.78. The molecule has 6 heteroatoms. The number of rotatable bonds is 5. The highest BCUT2D eigenvalue weighted by Gasteiger charge is 2.06. The van der Waals surface area contributed by atoms with Crippen molar-refractivity contribution in [3.63, 3.8) is 0 Å². The molecule has 0 aromatic heterocycles. The maximum atomic E-state index is 9.95. The van der Waals surface area contributed by atoms with Crippen LogP contribution in [-0.2, 0) is 9.63 Å². The normalized spacial score (nSPS) is 12.2. The van der Waals surface area contributed by atoms with Crippen molar-refractivity contribution in [1.82, 2.24) is 5.17 Å². The zero-order chi connectivity index (χ0) is 10.3. The van der Waals surface area contributed by atoms with Gasteiger partial charge in [0.2, 0.25) is 5.82 Å². The number of carbonyl (C=O) groups is 1. The highest BCUT2D eigenvalue weighted by Crippen LogP contribution is 2.04. The Kier molecular flexibility index (Phi) is 4.97. The summed E-state index contributed by atoms with van der Waals surface area (Å²) in [4.78, 5) is 18.0. The number of hydrazine groups is 1. The third kappa shape index (κ3) is 3.39. The van der Waals surface area contributed by atoms with Crippen molar-refractivity contribution in [3.8, 4) is 0 Å². The molecule has 0 aromatic carbocycles. The summed E-state index contributed by atoms with van der Waals surface area (Å²) in [6.07, 6.45) is 2.80. The molecule has 0 radical (unpaired) electrons. The van der Waals surface area contributed by atoms with Crippen LogP contribution in [0.5, 0.6) is 0 Å². The number of hydrogen-bond acceptors (Lipinski definition) is 6. The predicted octanol–water partition coefficient (Wildman–Crippen LogP) is -0.345. The Labute approximate surface area is 76.1 Å². The largest absolute Gasteiger partial charge is 0.396 e. The molecule has 6 nitrogen and oxygen atoms in total. The molecule has 0 heterocycles. The van der Waals surface area contributed by atoms with Crippen molar-refractivity contribution < 1.29 is 9.63 Å². The van der Waals surface area contributed by atoms with Crippen LogP contribution in [-0.4, -0.2) is 17.9 Å². The van der Waals surface area contributed by atoms with Crippen molar-refractivity contribution in [2.45, 2.75) is 6.92 Å². The first kappa shape index (κ1) is 11.2. The van der Waals surface area contributed by atoms with E-state index in [0.29, 0.717) is 5.17 Å². The van der Waals surface area contributed by atoms with Gasteiger partial charge in [-0.25, -0.2) is 10.8 Å². The monoisotopic (exact) mass is 184 g/mol. The molecule has 72 valence electrons. The molecule has 0 fully saturated rings. The van der Waals surface area contributed by atoms with Crippen LogP contribution < -0.4 is 11.6 Å². The Hall–Kier alpha value is -1.82. The SMILES string of the molecule is C=C/C(N)=C(\N=C/C)N(N)OC=O. The van der Waals surface area contributed by atoms with Crippen LogP contribution in [0.4, 0.5) is 0 Å². The smallest absolute Gasteiger partial charge is 0.322 e. The number of nitrogens with zero attached hydrogens (tertiary/aromatic N) is 2. The second-order valence-electron chi connectivity index (χ2n) is 1.90. The number of aliphatic imine (C=N–C) groups is 1. The van der Waals surface area contributed by atoms with Crippen molar-refractivity contribution >= 4 is 12.7 Å². The first-order valence-corrected chi connectivity index (χ1v) is 3.43. The first-order chi connectivity index (χ1) is 6.17. The number of nitrogens with two attached hydrogens (primary N) is 2. The molecule has 0 atom stereocenters. The second-order valence-corrected chi connectivity index (χ2v) is 1.90. The summed E-state index contributed by atoms with van der Waals surface area (Å²) < 4.78 is 0. The van der Waals surface area contributed by atoms with Gasteiger partial charge < -0.3 is 10.6 Å². The molecule has 0 rings (SSSR count). The van der Waals surface area contributed by atoms with Crippen LogP contribution in [0.2, 0.25) is 0 Å². The lowest BCUT2D eigenvalue weighted by molar-refractivity contribution is -0.165. The molecule has 0 aliphatic heterocycles. The topological polar surface area (TPSA) is 93.9 Å². The maximum absolute atomic E-state index is 9.95. The summed E-state index contributed by atoms with van der Waals surface area (Å²) in [7, 11) is 0. The van der Waals surface area contributed by atoms with E-state index in [0.717, 1.165) is 0 Å². The lowest BCUT2D eigenvalue weighted by Gasteiger charge is -2.15. The zero-order valence-electron chi connectivity index (χ0n) is 7.30. The van der Waals surface area contributed by atoms with Crippen molar-refractivity contribution in [2.75, 3.05) is 0 Å². The zero-order valence-corrected chi connectivity index (χ0v) is 7.30. The van der Waals surface area contributed by atoms with Gasteiger partial charge in [0.25, 0.3) is 0 Å². The molecule has 0 aliphatic rings. The lowest BCUT2D eigenvalue weighted by Crippen LogP contribution is -2.31. The van der Waals surface area contributed by atoms with Gasteiger partial charge in [0.05, 0.1) is 5.70 Å². The third-order valence-electron chi connectivity index (χ3n) is 1.09. The van der Waals surface area contributed by atoms with Gasteiger partial charge in [-0.05, 0) is 13.0 Å². The summed E-state index contributed by atoms with van der Waals surface area (Å²) in [5.74, 6) is 5.39. The Morgan fingerprint density at radius 1 is 1.69 bits per heavy atom. The molecule has 0 aliphatic carbocycles. The van der Waals surface area contributed by atoms with Crippen molar-refractivity contribution in [2.24, 2.45) is 16.6 Å². The van der Waals surface area contributed by atoms with Crippen LogP contribution in [0.15, 0.2) is 29.2 Å². The molecule has 0 amide bonds. The number of allylic oxidation sites excluding steroid dienone is 1. The highest BCUT2D eigenvalue weighted by molar-refractivity contribution is 5.55. The summed E-state index contributed by atoms with van der Waals surface area (Å²) in [5, 5.41) is 0.657. The van der Waals surface area contributed by atoms with E-state index in [1.807, 2.05) is 0 Å². The molecule has 4 N–H and O–H groups in total. The van der Waals surface area contributed by atoms with Gasteiger partial charge in [-0.1, -0.05) is 6.58 Å². The fourth-order valence-corrected chi connectivity index (χ4v) is 0.569. The highest BCUT2D eigenvalue weighted by atomic mass is 16.7. The summed E-state index contributed by atoms with van der Waals surface area (Å²) in [5.41, 5.74) is 5.68. The number of carbonyl (C=O) groups excluding carboxylic acids is 1. The van der Waals surface area contributed by atoms with Gasteiger partial charge in [0.1, 0.15) is 0 Å². The van der Waals surface area contributed by atoms with Crippen molar-refractivity contribution in [1.29, 1.82) is 0 Å². The molecule has 0 bridgehead atoms. The minimum Gasteiger partial charge on any atom is -0.396 e. The van der Waals surface area contributed by atoms with Gasteiger partial charge in [-0.2, -0.15) is 0 Å². The average molecular weight is 184 g/mol. The average Bonchev–Trinajstić information content (AvgIpc) is 2.13. The number of hydroxylamine groups is 1. The third-order valence-corrected chi connectivity index (χ3v) is 1.09. The van der Waals surface area contributed by atoms with Crippen LogP contribution >= 0.6 is 0 Å². The Morgan fingerprint density at radius 3 is 2.69 bits per heavy atom. The molecular formula is C7H12N4O2. The van der Waals surface area contributed by atoms with Gasteiger partial charge in [-0.3, -0.25) is 4.79 Å². The van der Waals surface area contributed by atoms with Gasteiger partial charge >= 0.3 is 6.47 Å². The molecule has 0 saturated carbocycles. The standard InChI is InChI=1S/C7H12N4O2/c1-3-6(8)7(10-4-2)11(9)13-5-12/h3-5H,1,8-9H2,2H3/b7-6-,10-4-. The molecule has 0 aromatic rings. The molecular weight excluding hydrogens is 172 g/mol. The molecule has 13 heavy (non-hydrogen) atoms. The summed E-state index contributed by atoms with van der Waals surface area (Å²) in [6.45, 7) is 5.26. The van der Waals surface area contributed by atoms with Gasteiger partial charge in [0.15, 0.2) is 0 Å². The predicted molar refractivity (Wildman–Crippen MR) is 48.8 cm³/mol. The molecule has 0 unspecified atom stereocenters. The van der Waals surface area contributed by atoms with Crippen LogP contribution in [0.3, 0.4) is 0 Å². The molecule has 0 spiro atoms. The van der Waals surface area contributed by atoms with Crippen LogP contribution in [0, 0.1) is 0 Å². The van der Waals surface area contributed by atoms with E-state index in [2.05, 4.69) is 16.4 Å². The minimum atomic E-state index is 0.115. The van der Waals surface area contributed by atoms with Crippen LogP contribution in [0.1, 0.15) is 6.92 Å². The van der Waals surface area contributed by atoms with Crippen molar-refractivity contribution in [3.05, 3.63) is 24.2 Å². The fourth-order valence-electron chi connectivity index (χ4n) is 0.569. The quantitative estimate of drug-likeness (QED) is 0.200. The lowest BCUT2D eigenvalue weighted by atomic mass is 10.4. The van der Waals surface area contributed by atoms with E-state index in [4.69, 9.17) is 11.6 Å². The van der Waals surface area contributed by atoms with E-state index in [1.165, 1.54) is 12.3 Å². The van der Waals surface area contributed by atoms with Crippen LogP contribution in [0.25, 0.3) is 0 Å². The number of hydrogen-bond donors (Lipinski definition) is 2. The van der Waals surface area contributed by atoms with E-state index in [9.17, 15) is 4.79 Å². The van der Waals surface area contributed by atoms with Gasteiger partial charge in [-0.15, -0.1) is 5.17 Å².